The molecule has 0 aliphatic carbocycles. The normalized spacial score (nSPS) is 10.4. The maximum absolute atomic E-state index is 10.8. The summed E-state index contributed by atoms with van der Waals surface area (Å²) in [7, 11) is 0. The zero-order chi connectivity index (χ0) is 14.1. The summed E-state index contributed by atoms with van der Waals surface area (Å²) in [6.45, 7) is 5.98. The van der Waals surface area contributed by atoms with Crippen LogP contribution in [-0.4, -0.2) is 29.7 Å². The van der Waals surface area contributed by atoms with Gasteiger partial charge in [0.25, 0.3) is 0 Å². The zero-order valence-corrected chi connectivity index (χ0v) is 11.5. The Morgan fingerprint density at radius 3 is 2.79 bits per heavy atom. The lowest BCUT2D eigenvalue weighted by Gasteiger charge is -2.07. The van der Waals surface area contributed by atoms with E-state index in [9.17, 15) is 10.1 Å². The van der Waals surface area contributed by atoms with E-state index in [0.29, 0.717) is 19.0 Å². The van der Waals surface area contributed by atoms with Gasteiger partial charge in [-0.2, -0.15) is 0 Å². The Balaban J connectivity index is 2.36. The van der Waals surface area contributed by atoms with Crippen LogP contribution in [0.15, 0.2) is 12.1 Å². The van der Waals surface area contributed by atoms with Gasteiger partial charge in [-0.05, 0) is 25.8 Å². The van der Waals surface area contributed by atoms with Crippen LogP contribution in [0, 0.1) is 17.0 Å². The summed E-state index contributed by atoms with van der Waals surface area (Å²) in [6, 6.07) is 3.11. The fraction of sp³-hybridized carbons (Fsp3) is 0.615. The van der Waals surface area contributed by atoms with Gasteiger partial charge < -0.3 is 10.1 Å². The highest BCUT2D eigenvalue weighted by molar-refractivity contribution is 5.55. The largest absolute Gasteiger partial charge is 0.381 e. The van der Waals surface area contributed by atoms with Crippen LogP contribution in [0.25, 0.3) is 0 Å². The maximum Gasteiger partial charge on any atom is 0.311 e. The van der Waals surface area contributed by atoms with Gasteiger partial charge in [0.05, 0.1) is 4.92 Å². The number of aryl methyl sites for hydroxylation is 1. The van der Waals surface area contributed by atoms with Gasteiger partial charge in [-0.1, -0.05) is 13.3 Å². The molecule has 1 heterocycles. The third kappa shape index (κ3) is 5.65. The van der Waals surface area contributed by atoms with Crippen LogP contribution in [0.3, 0.4) is 0 Å². The van der Waals surface area contributed by atoms with Crippen LogP contribution in [0.1, 0.15) is 31.9 Å². The molecule has 0 bridgehead atoms. The number of pyridine rings is 1. The molecule has 0 atom stereocenters. The second kappa shape index (κ2) is 8.42. The van der Waals surface area contributed by atoms with Crippen molar-refractivity contribution in [3.63, 3.8) is 0 Å². The topological polar surface area (TPSA) is 77.3 Å². The lowest BCUT2D eigenvalue weighted by molar-refractivity contribution is -0.384. The molecule has 0 aliphatic rings. The number of unbranched alkanes of at least 4 members (excludes halogenated alkanes) is 1. The molecule has 106 valence electrons. The first kappa shape index (κ1) is 15.4. The molecular weight excluding hydrogens is 246 g/mol. The van der Waals surface area contributed by atoms with Crippen molar-refractivity contribution < 1.29 is 9.66 Å². The number of hydrogen-bond acceptors (Lipinski definition) is 5. The quantitative estimate of drug-likeness (QED) is 0.423. The second-order valence-electron chi connectivity index (χ2n) is 4.32. The third-order valence-corrected chi connectivity index (χ3v) is 2.61. The minimum absolute atomic E-state index is 0.0116. The van der Waals surface area contributed by atoms with Crippen LogP contribution in [0.2, 0.25) is 0 Å². The van der Waals surface area contributed by atoms with Gasteiger partial charge in [-0.25, -0.2) is 4.98 Å². The molecule has 0 spiro atoms. The Hall–Kier alpha value is -1.69. The summed E-state index contributed by atoms with van der Waals surface area (Å²) in [5.41, 5.74) is 0.768. The van der Waals surface area contributed by atoms with Gasteiger partial charge in [-0.15, -0.1) is 0 Å². The lowest BCUT2D eigenvalue weighted by atomic mass is 10.3. The Morgan fingerprint density at radius 1 is 1.37 bits per heavy atom. The molecule has 6 nitrogen and oxygen atoms in total. The standard InChI is InChI=1S/C13H21N3O3/c1-3-4-9-19-10-5-8-14-13-12(16(17)18)7-6-11(2)15-13/h6-7H,3-5,8-10H2,1-2H3,(H,14,15). The van der Waals surface area contributed by atoms with Crippen molar-refractivity contribution in [1.82, 2.24) is 4.98 Å². The number of nitro groups is 1. The minimum atomic E-state index is -0.424. The zero-order valence-electron chi connectivity index (χ0n) is 11.5. The molecule has 1 aromatic rings. The predicted molar refractivity (Wildman–Crippen MR) is 74.5 cm³/mol. The molecule has 19 heavy (non-hydrogen) atoms. The molecule has 0 fully saturated rings. The molecule has 0 amide bonds. The van der Waals surface area contributed by atoms with Crippen LogP contribution < -0.4 is 5.32 Å². The van der Waals surface area contributed by atoms with E-state index in [1.165, 1.54) is 6.07 Å². The SMILES string of the molecule is CCCCOCCCNc1nc(C)ccc1[N+](=O)[O-]. The number of nitrogens with one attached hydrogen (secondary N) is 1. The average molecular weight is 267 g/mol. The van der Waals surface area contributed by atoms with Gasteiger partial charge in [0.15, 0.2) is 0 Å². The van der Waals surface area contributed by atoms with Crippen molar-refractivity contribution in [2.24, 2.45) is 0 Å². The fourth-order valence-corrected chi connectivity index (χ4v) is 1.56. The van der Waals surface area contributed by atoms with Crippen LogP contribution >= 0.6 is 0 Å². The number of rotatable bonds is 9. The van der Waals surface area contributed by atoms with E-state index in [0.717, 1.165) is 31.6 Å². The molecule has 0 saturated heterocycles. The maximum atomic E-state index is 10.8. The first-order chi connectivity index (χ1) is 9.15. The molecule has 1 rings (SSSR count). The second-order valence-corrected chi connectivity index (χ2v) is 4.32. The Bertz CT molecular complexity index is 410. The minimum Gasteiger partial charge on any atom is -0.381 e. The number of hydrogen-bond donors (Lipinski definition) is 1. The molecule has 1 aromatic heterocycles. The highest BCUT2D eigenvalue weighted by atomic mass is 16.6. The van der Waals surface area contributed by atoms with Gasteiger partial charge in [0.2, 0.25) is 5.82 Å². The van der Waals surface area contributed by atoms with E-state index in [4.69, 9.17) is 4.74 Å². The van der Waals surface area contributed by atoms with E-state index >= 15 is 0 Å². The van der Waals surface area contributed by atoms with E-state index in [1.807, 2.05) is 6.92 Å². The summed E-state index contributed by atoms with van der Waals surface area (Å²) in [5.74, 6) is 0.332. The van der Waals surface area contributed by atoms with E-state index < -0.39 is 4.92 Å². The van der Waals surface area contributed by atoms with Crippen molar-refractivity contribution >= 4 is 11.5 Å². The number of anilines is 1. The van der Waals surface area contributed by atoms with E-state index in [2.05, 4.69) is 17.2 Å². The van der Waals surface area contributed by atoms with Gasteiger partial charge in [0, 0.05) is 31.5 Å². The summed E-state index contributed by atoms with van der Waals surface area (Å²) < 4.78 is 5.42. The van der Waals surface area contributed by atoms with Crippen molar-refractivity contribution in [1.29, 1.82) is 0 Å². The molecule has 0 aromatic carbocycles. The van der Waals surface area contributed by atoms with Crippen molar-refractivity contribution in [3.05, 3.63) is 27.9 Å². The predicted octanol–water partition coefficient (Wildman–Crippen LogP) is 2.92. The van der Waals surface area contributed by atoms with E-state index in [-0.39, 0.29) is 5.69 Å². The molecule has 1 N–H and O–H groups in total. The Labute approximate surface area is 113 Å². The summed E-state index contributed by atoms with van der Waals surface area (Å²) >= 11 is 0. The average Bonchev–Trinajstić information content (AvgIpc) is 2.37. The number of ether oxygens (including phenoxy) is 1. The molecule has 0 radical (unpaired) electrons. The number of aromatic nitrogens is 1. The molecule has 6 heteroatoms. The Kier molecular flexibility index (Phi) is 6.81. The highest BCUT2D eigenvalue weighted by Crippen LogP contribution is 2.21. The third-order valence-electron chi connectivity index (χ3n) is 2.61. The first-order valence-corrected chi connectivity index (χ1v) is 6.58. The van der Waals surface area contributed by atoms with E-state index in [1.54, 1.807) is 6.07 Å². The number of nitrogens with zero attached hydrogens (tertiary/aromatic N) is 2. The van der Waals surface area contributed by atoms with Crippen molar-refractivity contribution in [2.45, 2.75) is 33.1 Å². The van der Waals surface area contributed by atoms with Gasteiger partial charge in [-0.3, -0.25) is 10.1 Å². The summed E-state index contributed by atoms with van der Waals surface area (Å²) in [6.07, 6.45) is 2.99. The van der Waals surface area contributed by atoms with Crippen molar-refractivity contribution in [3.8, 4) is 0 Å². The molecule has 0 aliphatic heterocycles. The lowest BCUT2D eigenvalue weighted by Crippen LogP contribution is -2.09. The molecule has 0 saturated carbocycles. The van der Waals surface area contributed by atoms with Crippen LogP contribution in [0.5, 0.6) is 0 Å². The molecular formula is C13H21N3O3. The van der Waals surface area contributed by atoms with Crippen LogP contribution in [-0.2, 0) is 4.74 Å². The van der Waals surface area contributed by atoms with Gasteiger partial charge in [0.1, 0.15) is 0 Å². The van der Waals surface area contributed by atoms with Gasteiger partial charge >= 0.3 is 5.69 Å². The molecule has 0 unspecified atom stereocenters. The Morgan fingerprint density at radius 2 is 2.11 bits per heavy atom. The highest BCUT2D eigenvalue weighted by Gasteiger charge is 2.14. The monoisotopic (exact) mass is 267 g/mol. The first-order valence-electron chi connectivity index (χ1n) is 6.58. The summed E-state index contributed by atoms with van der Waals surface area (Å²) in [5, 5.41) is 13.8. The fourth-order valence-electron chi connectivity index (χ4n) is 1.56. The van der Waals surface area contributed by atoms with Crippen LogP contribution in [0.4, 0.5) is 11.5 Å². The smallest absolute Gasteiger partial charge is 0.311 e. The summed E-state index contributed by atoms with van der Waals surface area (Å²) in [4.78, 5) is 14.6. The van der Waals surface area contributed by atoms with Crippen molar-refractivity contribution in [2.75, 3.05) is 25.1 Å².